The Hall–Kier alpha value is -1.75. The fraction of sp³-hybridized carbons (Fsp3) is 0.550. The monoisotopic (exact) mass is 348 g/mol. The van der Waals surface area contributed by atoms with E-state index < -0.39 is 11.6 Å². The Balaban J connectivity index is 1.70. The molecule has 2 heterocycles. The van der Waals surface area contributed by atoms with Crippen molar-refractivity contribution in [2.75, 3.05) is 26.2 Å². The molecule has 2 saturated heterocycles. The van der Waals surface area contributed by atoms with Gasteiger partial charge in [-0.1, -0.05) is 17.7 Å². The first-order valence-electron chi connectivity index (χ1n) is 9.01. The third-order valence-electron chi connectivity index (χ3n) is 5.58. The van der Waals surface area contributed by atoms with Gasteiger partial charge in [0.25, 0.3) is 0 Å². The van der Waals surface area contributed by atoms with Crippen LogP contribution in [0.5, 0.6) is 0 Å². The smallest absolute Gasteiger partial charge is 0.230 e. The third kappa shape index (κ3) is 3.76. The molecule has 0 aromatic heterocycles. The van der Waals surface area contributed by atoms with Crippen molar-refractivity contribution >= 4 is 5.91 Å². The van der Waals surface area contributed by atoms with Gasteiger partial charge in [0.1, 0.15) is 0 Å². The Morgan fingerprint density at radius 3 is 2.76 bits per heavy atom. The van der Waals surface area contributed by atoms with Gasteiger partial charge in [-0.15, -0.1) is 0 Å². The van der Waals surface area contributed by atoms with Crippen molar-refractivity contribution in [3.63, 3.8) is 0 Å². The van der Waals surface area contributed by atoms with Crippen LogP contribution in [-0.4, -0.2) is 41.9 Å². The molecule has 2 aliphatic heterocycles. The van der Waals surface area contributed by atoms with E-state index in [1.54, 1.807) is 6.07 Å². The van der Waals surface area contributed by atoms with Crippen molar-refractivity contribution < 1.29 is 13.6 Å². The SMILES string of the molecule is C/C=C(\C)CN1CC[C@@]2(CCCN(Cc3ccc(F)c(F)c3)C2=O)C1. The van der Waals surface area contributed by atoms with Crippen LogP contribution in [-0.2, 0) is 11.3 Å². The van der Waals surface area contributed by atoms with Crippen molar-refractivity contribution in [2.45, 2.75) is 39.7 Å². The van der Waals surface area contributed by atoms with Crippen LogP contribution in [0.3, 0.4) is 0 Å². The summed E-state index contributed by atoms with van der Waals surface area (Å²) in [6.45, 7) is 7.84. The van der Waals surface area contributed by atoms with Crippen LogP contribution in [0.15, 0.2) is 29.8 Å². The number of carbonyl (C=O) groups is 1. The van der Waals surface area contributed by atoms with E-state index in [1.807, 2.05) is 11.8 Å². The van der Waals surface area contributed by atoms with Crippen LogP contribution in [0.2, 0.25) is 0 Å². The highest BCUT2D eigenvalue weighted by Crippen LogP contribution is 2.40. The van der Waals surface area contributed by atoms with E-state index in [4.69, 9.17) is 0 Å². The van der Waals surface area contributed by atoms with E-state index >= 15 is 0 Å². The number of amides is 1. The lowest BCUT2D eigenvalue weighted by atomic mass is 9.78. The van der Waals surface area contributed by atoms with Crippen molar-refractivity contribution in [3.05, 3.63) is 47.0 Å². The molecule has 2 fully saturated rings. The summed E-state index contributed by atoms with van der Waals surface area (Å²) in [4.78, 5) is 17.3. The van der Waals surface area contributed by atoms with Crippen LogP contribution in [0.25, 0.3) is 0 Å². The average Bonchev–Trinajstić information content (AvgIpc) is 2.99. The lowest BCUT2D eigenvalue weighted by Crippen LogP contribution is -2.49. The Kier molecular flexibility index (Phi) is 5.23. The minimum atomic E-state index is -0.856. The van der Waals surface area contributed by atoms with Crippen LogP contribution >= 0.6 is 0 Å². The second kappa shape index (κ2) is 7.24. The average molecular weight is 348 g/mol. The van der Waals surface area contributed by atoms with E-state index in [0.717, 1.165) is 45.0 Å². The van der Waals surface area contributed by atoms with E-state index in [2.05, 4.69) is 17.9 Å². The summed E-state index contributed by atoms with van der Waals surface area (Å²) < 4.78 is 26.5. The number of piperidine rings is 1. The second-order valence-electron chi connectivity index (χ2n) is 7.45. The number of nitrogens with zero attached hydrogens (tertiary/aromatic N) is 2. The van der Waals surface area contributed by atoms with E-state index in [-0.39, 0.29) is 11.3 Å². The van der Waals surface area contributed by atoms with Crippen molar-refractivity contribution in [2.24, 2.45) is 5.41 Å². The van der Waals surface area contributed by atoms with Crippen LogP contribution < -0.4 is 0 Å². The molecule has 2 aliphatic rings. The molecule has 1 spiro atoms. The van der Waals surface area contributed by atoms with Gasteiger partial charge in [-0.3, -0.25) is 9.69 Å². The molecule has 0 bridgehead atoms. The van der Waals surface area contributed by atoms with Crippen molar-refractivity contribution in [1.29, 1.82) is 0 Å². The number of halogens is 2. The molecule has 0 N–H and O–H groups in total. The summed E-state index contributed by atoms with van der Waals surface area (Å²) in [7, 11) is 0. The van der Waals surface area contributed by atoms with Gasteiger partial charge in [-0.25, -0.2) is 8.78 Å². The molecule has 1 atom stereocenters. The van der Waals surface area contributed by atoms with Gasteiger partial charge in [-0.05, 0) is 57.4 Å². The number of hydrogen-bond acceptors (Lipinski definition) is 2. The lowest BCUT2D eigenvalue weighted by Gasteiger charge is -2.39. The summed E-state index contributed by atoms with van der Waals surface area (Å²) >= 11 is 0. The molecule has 0 saturated carbocycles. The van der Waals surface area contributed by atoms with Crippen LogP contribution in [0.4, 0.5) is 8.78 Å². The summed E-state index contributed by atoms with van der Waals surface area (Å²) in [6, 6.07) is 3.88. The molecule has 25 heavy (non-hydrogen) atoms. The highest BCUT2D eigenvalue weighted by molar-refractivity contribution is 5.84. The highest BCUT2D eigenvalue weighted by atomic mass is 19.2. The van der Waals surface area contributed by atoms with Gasteiger partial charge < -0.3 is 4.90 Å². The molecule has 0 radical (unpaired) electrons. The maximum Gasteiger partial charge on any atom is 0.230 e. The quantitative estimate of drug-likeness (QED) is 0.774. The minimum Gasteiger partial charge on any atom is -0.338 e. The van der Waals surface area contributed by atoms with Crippen molar-refractivity contribution in [1.82, 2.24) is 9.80 Å². The normalized spacial score (nSPS) is 25.2. The van der Waals surface area contributed by atoms with Gasteiger partial charge in [0.2, 0.25) is 5.91 Å². The molecule has 0 unspecified atom stereocenters. The molecule has 1 aromatic rings. The Morgan fingerprint density at radius 2 is 2.04 bits per heavy atom. The van der Waals surface area contributed by atoms with Gasteiger partial charge in [0, 0.05) is 26.2 Å². The molecule has 3 nitrogen and oxygen atoms in total. The Morgan fingerprint density at radius 1 is 1.24 bits per heavy atom. The fourth-order valence-corrected chi connectivity index (χ4v) is 4.08. The van der Waals surface area contributed by atoms with E-state index in [9.17, 15) is 13.6 Å². The second-order valence-corrected chi connectivity index (χ2v) is 7.45. The number of benzene rings is 1. The number of allylic oxidation sites excluding steroid dienone is 1. The number of hydrogen-bond donors (Lipinski definition) is 0. The maximum absolute atomic E-state index is 13.4. The lowest BCUT2D eigenvalue weighted by molar-refractivity contribution is -0.146. The van der Waals surface area contributed by atoms with Crippen LogP contribution in [0.1, 0.15) is 38.7 Å². The predicted molar refractivity (Wildman–Crippen MR) is 93.9 cm³/mol. The first-order valence-corrected chi connectivity index (χ1v) is 9.01. The molecular weight excluding hydrogens is 322 g/mol. The first-order chi connectivity index (χ1) is 11.9. The number of likely N-dealkylation sites (tertiary alicyclic amines) is 2. The van der Waals surface area contributed by atoms with Crippen molar-refractivity contribution in [3.8, 4) is 0 Å². The maximum atomic E-state index is 13.4. The largest absolute Gasteiger partial charge is 0.338 e. The topological polar surface area (TPSA) is 23.6 Å². The molecule has 5 heteroatoms. The zero-order valence-electron chi connectivity index (χ0n) is 15.0. The Labute approximate surface area is 148 Å². The third-order valence-corrected chi connectivity index (χ3v) is 5.58. The van der Waals surface area contributed by atoms with Gasteiger partial charge in [0.15, 0.2) is 11.6 Å². The molecule has 136 valence electrons. The zero-order chi connectivity index (χ0) is 18.0. The number of rotatable bonds is 4. The molecule has 1 amide bonds. The molecule has 0 aliphatic carbocycles. The predicted octanol–water partition coefficient (Wildman–Crippen LogP) is 3.75. The van der Waals surface area contributed by atoms with Crippen LogP contribution in [0, 0.1) is 17.0 Å². The van der Waals surface area contributed by atoms with Gasteiger partial charge in [-0.2, -0.15) is 0 Å². The first kappa shape index (κ1) is 18.1. The Bertz CT molecular complexity index is 688. The van der Waals surface area contributed by atoms with Gasteiger partial charge in [0.05, 0.1) is 5.41 Å². The summed E-state index contributed by atoms with van der Waals surface area (Å²) in [5, 5.41) is 0. The summed E-state index contributed by atoms with van der Waals surface area (Å²) in [6.07, 6.45) is 4.89. The zero-order valence-corrected chi connectivity index (χ0v) is 15.0. The number of carbonyl (C=O) groups excluding carboxylic acids is 1. The molecule has 3 rings (SSSR count). The summed E-state index contributed by atoms with van der Waals surface area (Å²) in [5.74, 6) is -1.54. The summed E-state index contributed by atoms with van der Waals surface area (Å²) in [5.41, 5.74) is 1.66. The van der Waals surface area contributed by atoms with E-state index in [1.165, 1.54) is 11.6 Å². The van der Waals surface area contributed by atoms with Gasteiger partial charge >= 0.3 is 0 Å². The molecule has 1 aromatic carbocycles. The molecular formula is C20H26F2N2O. The van der Waals surface area contributed by atoms with E-state index in [0.29, 0.717) is 18.7 Å². The minimum absolute atomic E-state index is 0.170. The standard InChI is InChI=1S/C20H26F2N2O/c1-3-15(2)12-23-10-8-20(14-23)7-4-9-24(19(20)25)13-16-5-6-17(21)18(22)11-16/h3,5-6,11H,4,7-10,12-14H2,1-2H3/b15-3+/t20-/m0/s1. The highest BCUT2D eigenvalue weighted by Gasteiger charge is 2.48. The fourth-order valence-electron chi connectivity index (χ4n) is 4.08.